The molecule has 0 bridgehead atoms. The molecule has 1 aromatic heterocycles. The minimum atomic E-state index is -0.566. The highest BCUT2D eigenvalue weighted by atomic mass is 16.5. The molecule has 1 aliphatic rings. The number of aryl methyl sites for hydroxylation is 1. The molecule has 5 nitrogen and oxygen atoms in total. The van der Waals surface area contributed by atoms with E-state index in [-0.39, 0.29) is 5.91 Å². The van der Waals surface area contributed by atoms with Gasteiger partial charge in [0.15, 0.2) is 5.58 Å². The first-order valence-electron chi connectivity index (χ1n) is 8.75. The number of nitrogens with zero attached hydrogens (tertiary/aromatic N) is 2. The highest BCUT2D eigenvalue weighted by Gasteiger charge is 2.31. The Morgan fingerprint density at radius 1 is 1.42 bits per heavy atom. The van der Waals surface area contributed by atoms with Gasteiger partial charge in [-0.25, -0.2) is 0 Å². The van der Waals surface area contributed by atoms with Crippen molar-refractivity contribution < 1.29 is 9.32 Å². The lowest BCUT2D eigenvalue weighted by molar-refractivity contribution is -0.124. The summed E-state index contributed by atoms with van der Waals surface area (Å²) in [5.41, 5.74) is 2.06. The van der Waals surface area contributed by atoms with Crippen molar-refractivity contribution in [2.45, 2.75) is 58.0 Å². The summed E-state index contributed by atoms with van der Waals surface area (Å²) in [5.74, 6) is 0.0718. The molecule has 2 heterocycles. The molecule has 0 saturated carbocycles. The zero-order valence-electron chi connectivity index (χ0n) is 15.1. The van der Waals surface area contributed by atoms with Crippen LogP contribution in [0.4, 0.5) is 0 Å². The Hall–Kier alpha value is -1.88. The van der Waals surface area contributed by atoms with Crippen molar-refractivity contribution in [3.05, 3.63) is 29.5 Å². The van der Waals surface area contributed by atoms with E-state index in [0.717, 1.165) is 35.2 Å². The molecule has 0 unspecified atom stereocenters. The van der Waals surface area contributed by atoms with Crippen LogP contribution < -0.4 is 5.32 Å². The number of piperidine rings is 1. The van der Waals surface area contributed by atoms with E-state index in [2.05, 4.69) is 22.4 Å². The Kier molecular flexibility index (Phi) is 4.63. The number of hydrogen-bond donors (Lipinski definition) is 1. The number of amides is 1. The smallest absolute Gasteiger partial charge is 0.222 e. The van der Waals surface area contributed by atoms with E-state index in [1.165, 1.54) is 12.8 Å². The zero-order valence-corrected chi connectivity index (χ0v) is 15.1. The number of hydrogen-bond acceptors (Lipinski definition) is 4. The predicted molar refractivity (Wildman–Crippen MR) is 94.8 cm³/mol. The molecule has 1 atom stereocenters. The van der Waals surface area contributed by atoms with E-state index in [1.54, 1.807) is 0 Å². The molecule has 130 valence electrons. The Morgan fingerprint density at radius 2 is 2.21 bits per heavy atom. The molecule has 0 radical (unpaired) electrons. The second-order valence-corrected chi connectivity index (χ2v) is 7.49. The number of para-hydroxylation sites is 1. The van der Waals surface area contributed by atoms with E-state index in [1.807, 2.05) is 39.0 Å². The van der Waals surface area contributed by atoms with Gasteiger partial charge in [-0.05, 0) is 58.8 Å². The van der Waals surface area contributed by atoms with Gasteiger partial charge >= 0.3 is 0 Å². The van der Waals surface area contributed by atoms with Crippen LogP contribution in [0.2, 0.25) is 0 Å². The Bertz CT molecular complexity index is 735. The Labute approximate surface area is 143 Å². The molecule has 2 aromatic rings. The quantitative estimate of drug-likeness (QED) is 0.934. The molecule has 1 fully saturated rings. The van der Waals surface area contributed by atoms with Gasteiger partial charge in [-0.15, -0.1) is 0 Å². The Balaban J connectivity index is 1.75. The third kappa shape index (κ3) is 3.31. The van der Waals surface area contributed by atoms with E-state index in [9.17, 15) is 4.79 Å². The summed E-state index contributed by atoms with van der Waals surface area (Å²) in [6, 6.07) is 6.33. The lowest BCUT2D eigenvalue weighted by atomic mass is 9.95. The van der Waals surface area contributed by atoms with E-state index in [4.69, 9.17) is 4.52 Å². The van der Waals surface area contributed by atoms with Crippen LogP contribution in [0, 0.1) is 6.92 Å². The number of aromatic nitrogens is 1. The third-order valence-corrected chi connectivity index (χ3v) is 5.08. The van der Waals surface area contributed by atoms with Crippen LogP contribution in [0.25, 0.3) is 11.0 Å². The van der Waals surface area contributed by atoms with Crippen molar-refractivity contribution in [1.29, 1.82) is 0 Å². The highest BCUT2D eigenvalue weighted by molar-refractivity contribution is 5.84. The van der Waals surface area contributed by atoms with E-state index in [0.29, 0.717) is 12.5 Å². The first-order valence-corrected chi connectivity index (χ1v) is 8.75. The molecule has 1 aromatic carbocycles. The fourth-order valence-corrected chi connectivity index (χ4v) is 3.63. The number of fused-ring (bicyclic) bond motifs is 1. The number of benzene rings is 1. The van der Waals surface area contributed by atoms with E-state index < -0.39 is 5.54 Å². The topological polar surface area (TPSA) is 58.4 Å². The van der Waals surface area contributed by atoms with Crippen molar-refractivity contribution in [2.75, 3.05) is 13.6 Å². The molecule has 5 heteroatoms. The molecule has 0 spiro atoms. The minimum Gasteiger partial charge on any atom is -0.356 e. The zero-order chi connectivity index (χ0) is 17.3. The summed E-state index contributed by atoms with van der Waals surface area (Å²) in [5, 5.41) is 8.36. The van der Waals surface area contributed by atoms with Gasteiger partial charge in [-0.3, -0.25) is 4.79 Å². The van der Waals surface area contributed by atoms with Crippen LogP contribution in [-0.4, -0.2) is 35.6 Å². The molecule has 1 amide bonds. The molecule has 1 N–H and O–H groups in total. The molecule has 0 aliphatic carbocycles. The van der Waals surface area contributed by atoms with Crippen LogP contribution in [0.5, 0.6) is 0 Å². The molecular weight excluding hydrogens is 302 g/mol. The fourth-order valence-electron chi connectivity index (χ4n) is 3.63. The summed E-state index contributed by atoms with van der Waals surface area (Å²) in [6.07, 6.45) is 4.06. The average molecular weight is 329 g/mol. The van der Waals surface area contributed by atoms with Gasteiger partial charge < -0.3 is 14.7 Å². The predicted octanol–water partition coefficient (Wildman–Crippen LogP) is 3.36. The summed E-state index contributed by atoms with van der Waals surface area (Å²) in [7, 11) is 2.11. The molecule has 3 rings (SSSR count). The van der Waals surface area contributed by atoms with Crippen molar-refractivity contribution in [3.8, 4) is 0 Å². The number of nitrogens with one attached hydrogen (secondary N) is 1. The van der Waals surface area contributed by atoms with Crippen molar-refractivity contribution in [3.63, 3.8) is 0 Å². The first-order chi connectivity index (χ1) is 11.4. The summed E-state index contributed by atoms with van der Waals surface area (Å²) in [6.45, 7) is 7.04. The maximum absolute atomic E-state index is 12.6. The second kappa shape index (κ2) is 6.55. The highest BCUT2D eigenvalue weighted by Crippen LogP contribution is 2.29. The third-order valence-electron chi connectivity index (χ3n) is 5.08. The fraction of sp³-hybridized carbons (Fsp3) is 0.579. The van der Waals surface area contributed by atoms with Crippen molar-refractivity contribution in [1.82, 2.24) is 15.4 Å². The summed E-state index contributed by atoms with van der Waals surface area (Å²) in [4.78, 5) is 14.9. The van der Waals surface area contributed by atoms with Gasteiger partial charge in [-0.2, -0.15) is 0 Å². The largest absolute Gasteiger partial charge is 0.356 e. The SMILES string of the molecule is Cc1cccc2c(C(C)(C)NC(=O)C[C@H]3CCCCN3C)noc12. The minimum absolute atomic E-state index is 0.0718. The summed E-state index contributed by atoms with van der Waals surface area (Å²) < 4.78 is 5.51. The van der Waals surface area contributed by atoms with Gasteiger partial charge in [0.2, 0.25) is 5.91 Å². The van der Waals surface area contributed by atoms with Gasteiger partial charge in [0.1, 0.15) is 5.69 Å². The van der Waals surface area contributed by atoms with Gasteiger partial charge in [-0.1, -0.05) is 23.7 Å². The monoisotopic (exact) mass is 329 g/mol. The van der Waals surface area contributed by atoms with Gasteiger partial charge in [0, 0.05) is 17.8 Å². The number of likely N-dealkylation sites (tertiary alicyclic amines) is 1. The lowest BCUT2D eigenvalue weighted by Crippen LogP contribution is -2.45. The molecule has 24 heavy (non-hydrogen) atoms. The molecule has 1 aliphatic heterocycles. The first kappa shape index (κ1) is 17.0. The standard InChI is InChI=1S/C19H27N3O2/c1-13-8-7-10-15-17(13)24-21-18(15)19(2,3)20-16(23)12-14-9-5-6-11-22(14)4/h7-8,10,14H,5-6,9,11-12H2,1-4H3,(H,20,23)/t14-/m1/s1. The maximum Gasteiger partial charge on any atom is 0.222 e. The van der Waals surface area contributed by atoms with E-state index >= 15 is 0 Å². The Morgan fingerprint density at radius 3 is 2.96 bits per heavy atom. The number of rotatable bonds is 4. The summed E-state index contributed by atoms with van der Waals surface area (Å²) >= 11 is 0. The lowest BCUT2D eigenvalue weighted by Gasteiger charge is -2.33. The van der Waals surface area contributed by atoms with Gasteiger partial charge in [0.25, 0.3) is 0 Å². The normalized spacial score (nSPS) is 19.6. The van der Waals surface area contributed by atoms with Crippen LogP contribution >= 0.6 is 0 Å². The van der Waals surface area contributed by atoms with Crippen molar-refractivity contribution >= 4 is 16.9 Å². The van der Waals surface area contributed by atoms with Crippen LogP contribution in [0.1, 0.15) is 50.8 Å². The number of carbonyl (C=O) groups excluding carboxylic acids is 1. The number of carbonyl (C=O) groups is 1. The van der Waals surface area contributed by atoms with Crippen LogP contribution in [0.3, 0.4) is 0 Å². The van der Waals surface area contributed by atoms with Crippen LogP contribution in [-0.2, 0) is 10.3 Å². The van der Waals surface area contributed by atoms with Crippen molar-refractivity contribution in [2.24, 2.45) is 0 Å². The van der Waals surface area contributed by atoms with Crippen LogP contribution in [0.15, 0.2) is 22.7 Å². The van der Waals surface area contributed by atoms with Gasteiger partial charge in [0.05, 0.1) is 5.54 Å². The average Bonchev–Trinajstić information content (AvgIpc) is 2.95. The molecule has 1 saturated heterocycles. The maximum atomic E-state index is 12.6. The second-order valence-electron chi connectivity index (χ2n) is 7.49. The molecular formula is C19H27N3O2.